The van der Waals surface area contributed by atoms with Gasteiger partial charge in [-0.2, -0.15) is 4.31 Å². The Morgan fingerprint density at radius 3 is 2.68 bits per heavy atom. The van der Waals surface area contributed by atoms with Gasteiger partial charge in [-0.05, 0) is 37.5 Å². The largest absolute Gasteiger partial charge is 0.360 e. The zero-order chi connectivity index (χ0) is 18.6. The molecule has 9 heteroatoms. The third-order valence-corrected chi connectivity index (χ3v) is 5.99. The predicted octanol–water partition coefficient (Wildman–Crippen LogP) is -0.0973. The van der Waals surface area contributed by atoms with E-state index in [4.69, 9.17) is 4.74 Å². The van der Waals surface area contributed by atoms with E-state index in [1.165, 1.54) is 11.4 Å². The molecule has 25 heavy (non-hydrogen) atoms. The Morgan fingerprint density at radius 1 is 1.28 bits per heavy atom. The summed E-state index contributed by atoms with van der Waals surface area (Å²) in [7, 11) is -2.44. The number of hydrogen-bond acceptors (Lipinski definition) is 5. The lowest BCUT2D eigenvalue weighted by Crippen LogP contribution is -2.53. The first-order valence-electron chi connectivity index (χ1n) is 7.98. The molecule has 0 radical (unpaired) electrons. The molecule has 0 unspecified atom stereocenters. The van der Waals surface area contributed by atoms with Crippen molar-refractivity contribution in [3.8, 4) is 0 Å². The van der Waals surface area contributed by atoms with Crippen LogP contribution in [0.1, 0.15) is 17.5 Å². The molecule has 1 aromatic rings. The number of benzene rings is 1. The molecule has 8 nitrogen and oxygen atoms in total. The minimum Gasteiger partial charge on any atom is -0.360 e. The molecule has 2 rings (SSSR count). The van der Waals surface area contributed by atoms with Crippen LogP contribution in [0.2, 0.25) is 0 Å². The van der Waals surface area contributed by atoms with Gasteiger partial charge in [0.25, 0.3) is 0 Å². The van der Waals surface area contributed by atoms with E-state index in [0.717, 1.165) is 5.56 Å². The summed E-state index contributed by atoms with van der Waals surface area (Å²) >= 11 is 0. The van der Waals surface area contributed by atoms with Crippen LogP contribution in [-0.4, -0.2) is 57.5 Å². The number of nitrogens with one attached hydrogen (secondary N) is 2. The topological polar surface area (TPSA) is 105 Å². The van der Waals surface area contributed by atoms with Gasteiger partial charge in [-0.25, -0.2) is 8.42 Å². The number of hydrogen-bond donors (Lipinski definition) is 2. The second-order valence-corrected chi connectivity index (χ2v) is 7.71. The van der Waals surface area contributed by atoms with E-state index in [2.05, 4.69) is 10.6 Å². The maximum absolute atomic E-state index is 13.1. The van der Waals surface area contributed by atoms with Crippen LogP contribution in [-0.2, 0) is 24.3 Å². The van der Waals surface area contributed by atoms with E-state index in [0.29, 0.717) is 18.6 Å². The molecular formula is C16H23N3O5S. The molecule has 0 bridgehead atoms. The second-order valence-electron chi connectivity index (χ2n) is 5.85. The number of rotatable bonds is 4. The summed E-state index contributed by atoms with van der Waals surface area (Å²) in [5, 5.41) is 4.61. The van der Waals surface area contributed by atoms with E-state index < -0.39 is 28.1 Å². The molecule has 0 aromatic heterocycles. The maximum Gasteiger partial charge on any atom is 0.309 e. The predicted molar refractivity (Wildman–Crippen MR) is 91.2 cm³/mol. The van der Waals surface area contributed by atoms with Crippen molar-refractivity contribution >= 4 is 21.8 Å². The van der Waals surface area contributed by atoms with E-state index in [1.807, 2.05) is 13.0 Å². The van der Waals surface area contributed by atoms with Gasteiger partial charge < -0.3 is 15.4 Å². The SMILES string of the molecule is CNC(=O)C(=O)NC[C@@H]1OCCCN1S(=O)(=O)c1cc(C)ccc1C. The van der Waals surface area contributed by atoms with Crippen molar-refractivity contribution in [2.45, 2.75) is 31.4 Å². The van der Waals surface area contributed by atoms with E-state index in [-0.39, 0.29) is 18.0 Å². The van der Waals surface area contributed by atoms with E-state index >= 15 is 0 Å². The van der Waals surface area contributed by atoms with Crippen LogP contribution in [0, 0.1) is 13.8 Å². The number of likely N-dealkylation sites (N-methyl/N-ethyl adjacent to an activating group) is 1. The molecule has 0 aliphatic carbocycles. The molecule has 138 valence electrons. The summed E-state index contributed by atoms with van der Waals surface area (Å²) in [5.41, 5.74) is 1.48. The Balaban J connectivity index is 2.23. The standard InChI is InChI=1S/C16H23N3O5S/c1-11-5-6-12(2)13(9-11)25(22,23)19-7-4-8-24-14(19)10-18-16(21)15(20)17-3/h5-6,9,14H,4,7-8,10H2,1-3H3,(H,17,20)(H,18,21)/t14-/m0/s1. The summed E-state index contributed by atoms with van der Waals surface area (Å²) in [6.45, 7) is 4.14. The summed E-state index contributed by atoms with van der Waals surface area (Å²) in [5.74, 6) is -1.62. The lowest BCUT2D eigenvalue weighted by atomic mass is 10.2. The first-order chi connectivity index (χ1) is 11.8. The fraction of sp³-hybridized carbons (Fsp3) is 0.500. The Labute approximate surface area is 147 Å². The van der Waals surface area contributed by atoms with Crippen LogP contribution in [0.25, 0.3) is 0 Å². The number of nitrogens with zero attached hydrogens (tertiary/aromatic N) is 1. The van der Waals surface area contributed by atoms with Crippen molar-refractivity contribution in [3.05, 3.63) is 29.3 Å². The highest BCUT2D eigenvalue weighted by Crippen LogP contribution is 2.25. The van der Waals surface area contributed by atoms with Gasteiger partial charge in [0, 0.05) is 13.6 Å². The Bertz CT molecular complexity index is 763. The van der Waals surface area contributed by atoms with Gasteiger partial charge in [-0.15, -0.1) is 0 Å². The third kappa shape index (κ3) is 4.36. The summed E-state index contributed by atoms with van der Waals surface area (Å²) < 4.78 is 32.9. The van der Waals surface area contributed by atoms with Crippen LogP contribution < -0.4 is 10.6 Å². The smallest absolute Gasteiger partial charge is 0.309 e. The van der Waals surface area contributed by atoms with Crippen LogP contribution in [0.3, 0.4) is 0 Å². The summed E-state index contributed by atoms with van der Waals surface area (Å²) in [6.07, 6.45) is -0.295. The van der Waals surface area contributed by atoms with Gasteiger partial charge in [0.2, 0.25) is 10.0 Å². The third-order valence-electron chi connectivity index (χ3n) is 3.96. The normalized spacial score (nSPS) is 18.6. The molecule has 2 amide bonds. The highest BCUT2D eigenvalue weighted by Gasteiger charge is 2.35. The summed E-state index contributed by atoms with van der Waals surface area (Å²) in [6, 6.07) is 5.23. The lowest BCUT2D eigenvalue weighted by molar-refractivity contribution is -0.139. The molecule has 2 N–H and O–H groups in total. The van der Waals surface area contributed by atoms with Crippen molar-refractivity contribution < 1.29 is 22.7 Å². The van der Waals surface area contributed by atoms with Gasteiger partial charge in [-0.1, -0.05) is 12.1 Å². The van der Waals surface area contributed by atoms with Gasteiger partial charge in [0.1, 0.15) is 6.23 Å². The monoisotopic (exact) mass is 369 g/mol. The van der Waals surface area contributed by atoms with Crippen molar-refractivity contribution in [1.29, 1.82) is 0 Å². The van der Waals surface area contributed by atoms with E-state index in [1.54, 1.807) is 19.1 Å². The minimum absolute atomic E-state index is 0.101. The first-order valence-corrected chi connectivity index (χ1v) is 9.42. The highest BCUT2D eigenvalue weighted by molar-refractivity contribution is 7.89. The quantitative estimate of drug-likeness (QED) is 0.722. The maximum atomic E-state index is 13.1. The Hall–Kier alpha value is -1.97. The number of ether oxygens (including phenoxy) is 1. The van der Waals surface area contributed by atoms with Crippen molar-refractivity contribution in [1.82, 2.24) is 14.9 Å². The van der Waals surface area contributed by atoms with Crippen LogP contribution in [0.5, 0.6) is 0 Å². The number of aryl methyl sites for hydroxylation is 2. The second kappa shape index (κ2) is 7.94. The molecule has 1 fully saturated rings. The zero-order valence-electron chi connectivity index (χ0n) is 14.5. The Kier molecular flexibility index (Phi) is 6.15. The minimum atomic E-state index is -3.78. The average Bonchev–Trinajstić information content (AvgIpc) is 2.61. The van der Waals surface area contributed by atoms with Crippen molar-refractivity contribution in [2.75, 3.05) is 26.7 Å². The van der Waals surface area contributed by atoms with Gasteiger partial charge >= 0.3 is 11.8 Å². The number of amides is 2. The van der Waals surface area contributed by atoms with Crippen LogP contribution in [0.15, 0.2) is 23.1 Å². The molecule has 1 aliphatic heterocycles. The Morgan fingerprint density at radius 2 is 2.00 bits per heavy atom. The van der Waals surface area contributed by atoms with Crippen LogP contribution in [0.4, 0.5) is 0 Å². The summed E-state index contributed by atoms with van der Waals surface area (Å²) in [4.78, 5) is 23.1. The molecule has 1 heterocycles. The molecule has 1 atom stereocenters. The zero-order valence-corrected chi connectivity index (χ0v) is 15.4. The highest BCUT2D eigenvalue weighted by atomic mass is 32.2. The van der Waals surface area contributed by atoms with Crippen LogP contribution >= 0.6 is 0 Å². The average molecular weight is 369 g/mol. The van der Waals surface area contributed by atoms with E-state index in [9.17, 15) is 18.0 Å². The molecule has 1 saturated heterocycles. The van der Waals surface area contributed by atoms with Gasteiger partial charge in [0.05, 0.1) is 18.0 Å². The molecule has 1 aromatic carbocycles. The number of sulfonamides is 1. The molecule has 1 aliphatic rings. The number of carbonyl (C=O) groups is 2. The molecular weight excluding hydrogens is 346 g/mol. The first kappa shape index (κ1) is 19.4. The number of carbonyl (C=O) groups excluding carboxylic acids is 2. The van der Waals surface area contributed by atoms with Gasteiger partial charge in [0.15, 0.2) is 0 Å². The van der Waals surface area contributed by atoms with Crippen molar-refractivity contribution in [3.63, 3.8) is 0 Å². The molecule has 0 spiro atoms. The fourth-order valence-corrected chi connectivity index (χ4v) is 4.46. The molecule has 0 saturated carbocycles. The van der Waals surface area contributed by atoms with Crippen molar-refractivity contribution in [2.24, 2.45) is 0 Å². The van der Waals surface area contributed by atoms with Gasteiger partial charge in [-0.3, -0.25) is 9.59 Å². The lowest BCUT2D eigenvalue weighted by Gasteiger charge is -2.34. The fourth-order valence-electron chi connectivity index (χ4n) is 2.59.